The standard InChI is InChI=1S/C10H15ClN4.ClH/c11-9-1-2-10(15-14-9)13-7-8-3-5-12-6-4-8;/h1-2,8,12H,3-7H2,(H,13,15);1H. The molecule has 6 heteroatoms. The summed E-state index contributed by atoms with van der Waals surface area (Å²) in [6, 6.07) is 3.61. The van der Waals surface area contributed by atoms with Crippen LogP contribution in [0, 0.1) is 5.92 Å². The molecule has 4 nitrogen and oxygen atoms in total. The predicted octanol–water partition coefficient (Wildman–Crippen LogP) is 1.96. The molecule has 0 amide bonds. The number of hydrogen-bond acceptors (Lipinski definition) is 4. The Balaban J connectivity index is 0.00000128. The van der Waals surface area contributed by atoms with Gasteiger partial charge in [-0.05, 0) is 44.0 Å². The fourth-order valence-electron chi connectivity index (χ4n) is 1.75. The first-order valence-corrected chi connectivity index (χ1v) is 5.66. The molecule has 2 N–H and O–H groups in total. The van der Waals surface area contributed by atoms with E-state index in [0.29, 0.717) is 5.15 Å². The molecule has 1 aliphatic heterocycles. The minimum absolute atomic E-state index is 0. The Morgan fingerprint density at radius 2 is 2.06 bits per heavy atom. The van der Waals surface area contributed by atoms with Crippen molar-refractivity contribution in [2.45, 2.75) is 12.8 Å². The van der Waals surface area contributed by atoms with Gasteiger partial charge < -0.3 is 10.6 Å². The second-order valence-corrected chi connectivity index (χ2v) is 4.20. The van der Waals surface area contributed by atoms with Crippen LogP contribution in [0.15, 0.2) is 12.1 Å². The molecule has 0 unspecified atom stereocenters. The summed E-state index contributed by atoms with van der Waals surface area (Å²) in [5.74, 6) is 1.54. The van der Waals surface area contributed by atoms with Crippen molar-refractivity contribution in [2.75, 3.05) is 25.0 Å². The lowest BCUT2D eigenvalue weighted by atomic mass is 9.98. The van der Waals surface area contributed by atoms with Crippen LogP contribution in [-0.4, -0.2) is 29.8 Å². The molecule has 1 aromatic heterocycles. The number of piperidine rings is 1. The van der Waals surface area contributed by atoms with Crippen LogP contribution in [0.3, 0.4) is 0 Å². The van der Waals surface area contributed by atoms with Gasteiger partial charge in [0.15, 0.2) is 5.15 Å². The van der Waals surface area contributed by atoms with Crippen LogP contribution in [0.25, 0.3) is 0 Å². The average Bonchev–Trinajstić information content (AvgIpc) is 2.30. The van der Waals surface area contributed by atoms with Gasteiger partial charge in [0.2, 0.25) is 0 Å². The lowest BCUT2D eigenvalue weighted by molar-refractivity contribution is 0.389. The number of halogens is 2. The molecule has 16 heavy (non-hydrogen) atoms. The molecule has 1 aliphatic rings. The van der Waals surface area contributed by atoms with Crippen LogP contribution in [0.1, 0.15) is 12.8 Å². The Bertz CT molecular complexity index is 298. The van der Waals surface area contributed by atoms with Crippen molar-refractivity contribution in [3.63, 3.8) is 0 Å². The molecule has 0 aliphatic carbocycles. The van der Waals surface area contributed by atoms with Crippen LogP contribution in [0.5, 0.6) is 0 Å². The third-order valence-electron chi connectivity index (χ3n) is 2.66. The van der Waals surface area contributed by atoms with Gasteiger partial charge in [-0.2, -0.15) is 0 Å². The van der Waals surface area contributed by atoms with Crippen LogP contribution in [-0.2, 0) is 0 Å². The highest BCUT2D eigenvalue weighted by Crippen LogP contribution is 2.13. The SMILES string of the molecule is Cl.Clc1ccc(NCC2CCNCC2)nn1. The minimum Gasteiger partial charge on any atom is -0.368 e. The topological polar surface area (TPSA) is 49.8 Å². The van der Waals surface area contributed by atoms with Crippen molar-refractivity contribution in [3.8, 4) is 0 Å². The molecule has 1 aromatic rings. The summed E-state index contributed by atoms with van der Waals surface area (Å²) in [5.41, 5.74) is 0. The van der Waals surface area contributed by atoms with E-state index in [2.05, 4.69) is 20.8 Å². The molecule has 0 aromatic carbocycles. The Morgan fingerprint density at radius 1 is 1.31 bits per heavy atom. The fourth-order valence-corrected chi connectivity index (χ4v) is 1.85. The molecular weight excluding hydrogens is 247 g/mol. The molecule has 1 saturated heterocycles. The third kappa shape index (κ3) is 4.12. The third-order valence-corrected chi connectivity index (χ3v) is 2.86. The van der Waals surface area contributed by atoms with Gasteiger partial charge in [0, 0.05) is 6.54 Å². The van der Waals surface area contributed by atoms with Crippen molar-refractivity contribution < 1.29 is 0 Å². The zero-order valence-electron chi connectivity index (χ0n) is 8.95. The van der Waals surface area contributed by atoms with Crippen molar-refractivity contribution in [2.24, 2.45) is 5.92 Å². The average molecular weight is 263 g/mol. The van der Waals surface area contributed by atoms with Gasteiger partial charge in [-0.25, -0.2) is 0 Å². The van der Waals surface area contributed by atoms with E-state index in [0.717, 1.165) is 31.4 Å². The van der Waals surface area contributed by atoms with Gasteiger partial charge in [-0.15, -0.1) is 22.6 Å². The number of rotatable bonds is 3. The summed E-state index contributed by atoms with van der Waals surface area (Å²) in [7, 11) is 0. The lowest BCUT2D eigenvalue weighted by Crippen LogP contribution is -2.31. The smallest absolute Gasteiger partial charge is 0.151 e. The van der Waals surface area contributed by atoms with E-state index in [-0.39, 0.29) is 12.4 Å². The molecule has 2 heterocycles. The first-order chi connectivity index (χ1) is 7.34. The lowest BCUT2D eigenvalue weighted by Gasteiger charge is -2.22. The second kappa shape index (κ2) is 6.89. The number of anilines is 1. The van der Waals surface area contributed by atoms with Crippen LogP contribution in [0.4, 0.5) is 5.82 Å². The molecule has 0 bridgehead atoms. The van der Waals surface area contributed by atoms with Gasteiger partial charge in [0.05, 0.1) is 0 Å². The first-order valence-electron chi connectivity index (χ1n) is 5.28. The first kappa shape index (κ1) is 13.5. The fraction of sp³-hybridized carbons (Fsp3) is 0.600. The van der Waals surface area contributed by atoms with E-state index in [9.17, 15) is 0 Å². The highest BCUT2D eigenvalue weighted by molar-refractivity contribution is 6.29. The van der Waals surface area contributed by atoms with Crippen molar-refractivity contribution in [1.82, 2.24) is 15.5 Å². The maximum Gasteiger partial charge on any atom is 0.151 e. The van der Waals surface area contributed by atoms with Crippen LogP contribution >= 0.6 is 24.0 Å². The summed E-state index contributed by atoms with van der Waals surface area (Å²) in [4.78, 5) is 0. The summed E-state index contributed by atoms with van der Waals surface area (Å²) in [5, 5.41) is 14.8. The Labute approximate surface area is 107 Å². The maximum atomic E-state index is 5.65. The maximum absolute atomic E-state index is 5.65. The number of nitrogens with zero attached hydrogens (tertiary/aromatic N) is 2. The molecular formula is C10H16Cl2N4. The van der Waals surface area contributed by atoms with Gasteiger partial charge in [0.1, 0.15) is 5.82 Å². The second-order valence-electron chi connectivity index (χ2n) is 3.82. The molecule has 2 rings (SSSR count). The monoisotopic (exact) mass is 262 g/mol. The van der Waals surface area contributed by atoms with Crippen molar-refractivity contribution in [3.05, 3.63) is 17.3 Å². The van der Waals surface area contributed by atoms with E-state index in [1.54, 1.807) is 6.07 Å². The number of hydrogen-bond donors (Lipinski definition) is 2. The van der Waals surface area contributed by atoms with E-state index >= 15 is 0 Å². The Morgan fingerprint density at radius 3 is 2.69 bits per heavy atom. The number of aromatic nitrogens is 2. The van der Waals surface area contributed by atoms with Crippen molar-refractivity contribution >= 4 is 29.8 Å². The van der Waals surface area contributed by atoms with Gasteiger partial charge in [-0.1, -0.05) is 11.6 Å². The normalized spacial score (nSPS) is 16.6. The van der Waals surface area contributed by atoms with Gasteiger partial charge in [0.25, 0.3) is 0 Å². The Hall–Kier alpha value is -0.580. The summed E-state index contributed by atoms with van der Waals surface area (Å²) >= 11 is 5.65. The van der Waals surface area contributed by atoms with E-state index < -0.39 is 0 Å². The van der Waals surface area contributed by atoms with Crippen LogP contribution in [0.2, 0.25) is 5.15 Å². The number of nitrogens with one attached hydrogen (secondary N) is 2. The predicted molar refractivity (Wildman–Crippen MR) is 68.4 cm³/mol. The van der Waals surface area contributed by atoms with E-state index in [1.807, 2.05) is 6.07 Å². The molecule has 0 atom stereocenters. The van der Waals surface area contributed by atoms with E-state index in [4.69, 9.17) is 11.6 Å². The van der Waals surface area contributed by atoms with E-state index in [1.165, 1.54) is 12.8 Å². The molecule has 0 radical (unpaired) electrons. The molecule has 0 saturated carbocycles. The largest absolute Gasteiger partial charge is 0.368 e. The quantitative estimate of drug-likeness (QED) is 0.875. The van der Waals surface area contributed by atoms with Gasteiger partial charge in [-0.3, -0.25) is 0 Å². The minimum atomic E-state index is 0. The van der Waals surface area contributed by atoms with Gasteiger partial charge >= 0.3 is 0 Å². The highest BCUT2D eigenvalue weighted by Gasteiger charge is 2.12. The summed E-state index contributed by atoms with van der Waals surface area (Å²) in [6.45, 7) is 3.22. The Kier molecular flexibility index (Phi) is 5.80. The van der Waals surface area contributed by atoms with Crippen LogP contribution < -0.4 is 10.6 Å². The molecule has 0 spiro atoms. The zero-order valence-corrected chi connectivity index (χ0v) is 10.5. The molecule has 90 valence electrons. The zero-order chi connectivity index (χ0) is 10.5. The summed E-state index contributed by atoms with van der Waals surface area (Å²) < 4.78 is 0. The molecule has 1 fully saturated rings. The summed E-state index contributed by atoms with van der Waals surface area (Å²) in [6.07, 6.45) is 2.46. The highest BCUT2D eigenvalue weighted by atomic mass is 35.5. The van der Waals surface area contributed by atoms with Crippen molar-refractivity contribution in [1.29, 1.82) is 0 Å².